The van der Waals surface area contributed by atoms with Crippen LogP contribution < -0.4 is 0 Å². The third-order valence-electron chi connectivity index (χ3n) is 6.70. The Kier molecular flexibility index (Phi) is 19.7. The van der Waals surface area contributed by atoms with Crippen molar-refractivity contribution in [3.8, 4) is 0 Å². The molecule has 0 unspecified atom stereocenters. The van der Waals surface area contributed by atoms with Crippen molar-refractivity contribution in [2.45, 2.75) is 108 Å². The van der Waals surface area contributed by atoms with Crippen LogP contribution in [0, 0.1) is 0 Å². The van der Waals surface area contributed by atoms with E-state index >= 15 is 0 Å². The van der Waals surface area contributed by atoms with Crippen molar-refractivity contribution in [1.82, 2.24) is 0 Å². The molecule has 0 saturated carbocycles. The molecular weight excluding hydrogens is 423 g/mol. The molecule has 0 amide bonds. The minimum absolute atomic E-state index is 1.11. The van der Waals surface area contributed by atoms with Gasteiger partial charge in [0.25, 0.3) is 0 Å². The van der Waals surface area contributed by atoms with E-state index in [0.717, 1.165) is 11.0 Å². The fourth-order valence-electron chi connectivity index (χ4n) is 4.54. The van der Waals surface area contributed by atoms with Crippen LogP contribution in [-0.4, -0.2) is 46.8 Å². The summed E-state index contributed by atoms with van der Waals surface area (Å²) in [6.07, 6.45) is 20.2. The molecule has 0 bridgehead atoms. The molecule has 0 aromatic heterocycles. The maximum absolute atomic E-state index is 2.37. The average molecular weight is 476 g/mol. The van der Waals surface area contributed by atoms with Crippen LogP contribution >= 0.6 is 0 Å². The van der Waals surface area contributed by atoms with Gasteiger partial charge in [0, 0.05) is 5.56 Å². The van der Waals surface area contributed by atoms with Gasteiger partial charge in [-0.3, -0.25) is 0 Å². The summed E-state index contributed by atoms with van der Waals surface area (Å²) in [5.41, 5.74) is 2.88. The number of hydrogen-bond donors (Lipinski definition) is 0. The summed E-state index contributed by atoms with van der Waals surface area (Å²) in [4.78, 5) is 0. The van der Waals surface area contributed by atoms with E-state index in [1.165, 1.54) is 112 Å². The fourth-order valence-corrected chi connectivity index (χ4v) is 4.87. The van der Waals surface area contributed by atoms with Crippen LogP contribution in [0.4, 0.5) is 0 Å². The van der Waals surface area contributed by atoms with Gasteiger partial charge in [0.15, 0.2) is 0 Å². The van der Waals surface area contributed by atoms with Gasteiger partial charge in [-0.15, -0.1) is 0 Å². The second kappa shape index (κ2) is 21.4. The molecule has 34 heavy (non-hydrogen) atoms. The molecule has 0 aliphatic carbocycles. The van der Waals surface area contributed by atoms with Gasteiger partial charge in [0.1, 0.15) is 6.54 Å². The van der Waals surface area contributed by atoms with Crippen molar-refractivity contribution in [3.05, 3.63) is 71.8 Å². The van der Waals surface area contributed by atoms with Crippen molar-refractivity contribution >= 4 is 21.7 Å². The molecule has 0 aliphatic heterocycles. The zero-order valence-corrected chi connectivity index (χ0v) is 24.4. The number of quaternary nitrogens is 1. The molecule has 0 fully saturated rings. The standard InChI is InChI=1S/C25H46N.C7H7.Mg/c1-4-5-6-7-8-9-10-11-12-13-14-15-16-20-23-26(2,3)24-25-21-18-17-19-22-25;1-7-5-3-2-4-6-7;/h17-19,21-22H,4-16,20,23-24H2,1-3H3;2-6H,1H2;/q+1;;+1. The topological polar surface area (TPSA) is 0 Å². The first-order valence-corrected chi connectivity index (χ1v) is 15.3. The number of benzene rings is 2. The summed E-state index contributed by atoms with van der Waals surface area (Å²) in [6.45, 7) is 4.75. The van der Waals surface area contributed by atoms with Crippen LogP contribution in [-0.2, 0) is 11.1 Å². The molecule has 0 saturated heterocycles. The summed E-state index contributed by atoms with van der Waals surface area (Å²) < 4.78 is 2.28. The van der Waals surface area contributed by atoms with Crippen molar-refractivity contribution in [2.24, 2.45) is 0 Å². The van der Waals surface area contributed by atoms with Crippen LogP contribution in [0.2, 0.25) is 0 Å². The molecule has 1 nitrogen and oxygen atoms in total. The summed E-state index contributed by atoms with van der Waals surface area (Å²) in [7, 11) is 4.74. The van der Waals surface area contributed by atoms with Gasteiger partial charge in [-0.25, -0.2) is 0 Å². The fraction of sp³-hybridized carbons (Fsp3) is 0.625. The van der Waals surface area contributed by atoms with Gasteiger partial charge in [0.05, 0.1) is 20.6 Å². The number of rotatable bonds is 18. The normalized spacial score (nSPS) is 11.2. The van der Waals surface area contributed by atoms with Crippen LogP contribution in [0.3, 0.4) is 0 Å². The minimum atomic E-state index is 1.11. The monoisotopic (exact) mass is 475 g/mol. The summed E-state index contributed by atoms with van der Waals surface area (Å²) in [5.74, 6) is 0. The molecule has 0 aliphatic rings. The molecule has 186 valence electrons. The van der Waals surface area contributed by atoms with E-state index in [1.807, 2.05) is 27.8 Å². The predicted molar refractivity (Wildman–Crippen MR) is 153 cm³/mol. The van der Waals surface area contributed by atoms with Gasteiger partial charge in [-0.05, 0) is 12.8 Å². The van der Waals surface area contributed by atoms with Crippen LogP contribution in [0.25, 0.3) is 0 Å². The maximum atomic E-state index is 2.37. The summed E-state index contributed by atoms with van der Waals surface area (Å²) in [6, 6.07) is 21.4. The molecule has 0 radical (unpaired) electrons. The molecule has 2 aromatic carbocycles. The van der Waals surface area contributed by atoms with Gasteiger partial charge in [0.2, 0.25) is 0 Å². The van der Waals surface area contributed by atoms with Crippen molar-refractivity contribution < 1.29 is 4.48 Å². The first kappa shape index (κ1) is 31.2. The van der Waals surface area contributed by atoms with E-state index in [2.05, 4.69) is 75.6 Å². The van der Waals surface area contributed by atoms with Gasteiger partial charge in [-0.1, -0.05) is 114 Å². The van der Waals surface area contributed by atoms with E-state index in [1.54, 1.807) is 0 Å². The van der Waals surface area contributed by atoms with E-state index in [4.69, 9.17) is 0 Å². The quantitative estimate of drug-likeness (QED) is 0.114. The predicted octanol–water partition coefficient (Wildman–Crippen LogP) is 9.10. The van der Waals surface area contributed by atoms with Crippen molar-refractivity contribution in [1.29, 1.82) is 0 Å². The van der Waals surface area contributed by atoms with Crippen LogP contribution in [0.1, 0.15) is 108 Å². The SMILES string of the molecule is CCCCCCCCCCCCCCCC[N+](C)(C)Cc1ccccc1.[Mg+][CH2]c1ccccc1. The number of nitrogens with zero attached hydrogens (tertiary/aromatic N) is 1. The van der Waals surface area contributed by atoms with Crippen LogP contribution in [0.5, 0.6) is 0 Å². The zero-order valence-electron chi connectivity index (χ0n) is 22.9. The molecule has 2 aromatic rings. The Labute approximate surface area is 225 Å². The van der Waals surface area contributed by atoms with E-state index in [9.17, 15) is 0 Å². The Morgan fingerprint density at radius 3 is 1.29 bits per heavy atom. The van der Waals surface area contributed by atoms with Crippen molar-refractivity contribution in [2.75, 3.05) is 20.6 Å². The van der Waals surface area contributed by atoms with Gasteiger partial charge < -0.3 is 4.48 Å². The summed E-state index contributed by atoms with van der Waals surface area (Å²) in [5, 5.41) is 0. The van der Waals surface area contributed by atoms with Crippen LogP contribution in [0.15, 0.2) is 60.7 Å². The average Bonchev–Trinajstić information content (AvgIpc) is 2.85. The summed E-state index contributed by atoms with van der Waals surface area (Å²) >= 11 is 1.98. The Morgan fingerprint density at radius 1 is 0.529 bits per heavy atom. The second-order valence-electron chi connectivity index (χ2n) is 10.6. The molecule has 2 heteroatoms. The molecule has 0 heterocycles. The number of hydrogen-bond acceptors (Lipinski definition) is 0. The molecule has 0 atom stereocenters. The second-order valence-corrected chi connectivity index (χ2v) is 11.1. The van der Waals surface area contributed by atoms with Gasteiger partial charge in [-0.2, -0.15) is 0 Å². The molecule has 2 rings (SSSR count). The molecule has 0 spiro atoms. The Morgan fingerprint density at radius 2 is 0.912 bits per heavy atom. The van der Waals surface area contributed by atoms with E-state index in [0.29, 0.717) is 0 Å². The zero-order chi connectivity index (χ0) is 24.7. The number of unbranched alkanes of at least 4 members (excludes halogenated alkanes) is 13. The first-order valence-electron chi connectivity index (χ1n) is 14.3. The van der Waals surface area contributed by atoms with E-state index in [-0.39, 0.29) is 0 Å². The Hall–Kier alpha value is -0.834. The van der Waals surface area contributed by atoms with Crippen molar-refractivity contribution in [3.63, 3.8) is 0 Å². The third-order valence-corrected chi connectivity index (χ3v) is 7.28. The van der Waals surface area contributed by atoms with Gasteiger partial charge >= 0.3 is 62.2 Å². The van der Waals surface area contributed by atoms with E-state index < -0.39 is 0 Å². The molecule has 0 N–H and O–H groups in total. The third kappa shape index (κ3) is 18.5. The Balaban J connectivity index is 0.000000605. The Bertz CT molecular complexity index is 668. The molecular formula is C32H53MgN+2. The first-order chi connectivity index (χ1) is 16.6.